The molecule has 5 heteroatoms. The maximum atomic E-state index is 6.03. The van der Waals surface area contributed by atoms with Crippen LogP contribution in [0.25, 0.3) is 5.69 Å². The van der Waals surface area contributed by atoms with Crippen LogP contribution in [-0.2, 0) is 6.54 Å². The van der Waals surface area contributed by atoms with E-state index in [0.29, 0.717) is 12.5 Å². The van der Waals surface area contributed by atoms with Crippen LogP contribution in [-0.4, -0.2) is 15.5 Å². The van der Waals surface area contributed by atoms with Crippen LogP contribution in [0.15, 0.2) is 66.2 Å². The van der Waals surface area contributed by atoms with Gasteiger partial charge in [0.2, 0.25) is 0 Å². The monoisotopic (exact) mass is 319 g/mol. The zero-order valence-corrected chi connectivity index (χ0v) is 13.9. The fourth-order valence-corrected chi connectivity index (χ4v) is 2.47. The highest BCUT2D eigenvalue weighted by Crippen LogP contribution is 2.16. The normalized spacial score (nSPS) is 11.5. The van der Waals surface area contributed by atoms with Gasteiger partial charge in [0, 0.05) is 18.1 Å². The van der Waals surface area contributed by atoms with E-state index in [-0.39, 0.29) is 0 Å². The molecule has 5 nitrogen and oxygen atoms in total. The molecule has 1 heterocycles. The summed E-state index contributed by atoms with van der Waals surface area (Å²) in [4.78, 5) is 8.56. The zero-order valence-electron chi connectivity index (χ0n) is 13.9. The minimum atomic E-state index is 0.402. The van der Waals surface area contributed by atoms with E-state index in [2.05, 4.69) is 41.3 Å². The summed E-state index contributed by atoms with van der Waals surface area (Å²) in [5.41, 5.74) is 11.6. The Bertz CT molecular complexity index is 850. The molecule has 0 spiro atoms. The lowest BCUT2D eigenvalue weighted by Gasteiger charge is -2.10. The quantitative estimate of drug-likeness (QED) is 0.572. The minimum absolute atomic E-state index is 0.402. The summed E-state index contributed by atoms with van der Waals surface area (Å²) >= 11 is 0. The van der Waals surface area contributed by atoms with Crippen molar-refractivity contribution in [1.29, 1.82) is 0 Å². The van der Waals surface area contributed by atoms with Crippen LogP contribution < -0.4 is 11.1 Å². The van der Waals surface area contributed by atoms with E-state index in [1.54, 1.807) is 12.5 Å². The summed E-state index contributed by atoms with van der Waals surface area (Å²) in [6.07, 6.45) is 5.45. The highest BCUT2D eigenvalue weighted by molar-refractivity contribution is 5.92. The Morgan fingerprint density at radius 3 is 2.75 bits per heavy atom. The number of guanidine groups is 1. The predicted octanol–water partition coefficient (Wildman–Crippen LogP) is 3.42. The summed E-state index contributed by atoms with van der Waals surface area (Å²) in [7, 11) is 0. The number of imidazole rings is 1. The molecule has 0 aliphatic carbocycles. The van der Waals surface area contributed by atoms with Gasteiger partial charge in [-0.25, -0.2) is 9.98 Å². The molecule has 0 saturated carbocycles. The molecule has 0 radical (unpaired) electrons. The van der Waals surface area contributed by atoms with Gasteiger partial charge >= 0.3 is 0 Å². The third-order valence-electron chi connectivity index (χ3n) is 3.97. The second kappa shape index (κ2) is 7.00. The van der Waals surface area contributed by atoms with Gasteiger partial charge in [0.15, 0.2) is 5.96 Å². The number of hydrogen-bond donors (Lipinski definition) is 2. The molecular formula is C19H21N5. The van der Waals surface area contributed by atoms with Gasteiger partial charge in [-0.1, -0.05) is 24.3 Å². The molecule has 0 unspecified atom stereocenters. The molecule has 2 aromatic carbocycles. The number of nitrogens with one attached hydrogen (secondary N) is 1. The average Bonchev–Trinajstić information content (AvgIpc) is 3.11. The second-order valence-corrected chi connectivity index (χ2v) is 5.72. The molecule has 3 aromatic rings. The Kier molecular flexibility index (Phi) is 4.61. The lowest BCUT2D eigenvalue weighted by atomic mass is 10.1. The van der Waals surface area contributed by atoms with Crippen LogP contribution in [0.4, 0.5) is 5.69 Å². The van der Waals surface area contributed by atoms with E-state index in [4.69, 9.17) is 5.73 Å². The van der Waals surface area contributed by atoms with Gasteiger partial charge in [-0.3, -0.25) is 0 Å². The van der Waals surface area contributed by atoms with Gasteiger partial charge in [-0.05, 0) is 48.7 Å². The van der Waals surface area contributed by atoms with Crippen LogP contribution in [0.2, 0.25) is 0 Å². The Balaban J connectivity index is 1.75. The highest BCUT2D eigenvalue weighted by atomic mass is 15.1. The minimum Gasteiger partial charge on any atom is -0.370 e. The Morgan fingerprint density at radius 2 is 2.00 bits per heavy atom. The molecule has 3 rings (SSSR count). The van der Waals surface area contributed by atoms with E-state index in [9.17, 15) is 0 Å². The van der Waals surface area contributed by atoms with E-state index in [0.717, 1.165) is 16.9 Å². The topological polar surface area (TPSA) is 68.2 Å². The maximum Gasteiger partial charge on any atom is 0.193 e. The van der Waals surface area contributed by atoms with E-state index < -0.39 is 0 Å². The van der Waals surface area contributed by atoms with Crippen molar-refractivity contribution in [2.45, 2.75) is 20.4 Å². The van der Waals surface area contributed by atoms with Crippen molar-refractivity contribution in [3.8, 4) is 5.69 Å². The third-order valence-corrected chi connectivity index (χ3v) is 3.97. The predicted molar refractivity (Wildman–Crippen MR) is 98.4 cm³/mol. The molecule has 0 aliphatic rings. The number of anilines is 1. The van der Waals surface area contributed by atoms with Crippen molar-refractivity contribution in [2.75, 3.05) is 5.32 Å². The van der Waals surface area contributed by atoms with Crippen molar-refractivity contribution >= 4 is 11.6 Å². The van der Waals surface area contributed by atoms with Gasteiger partial charge in [-0.15, -0.1) is 0 Å². The fourth-order valence-electron chi connectivity index (χ4n) is 2.47. The lowest BCUT2D eigenvalue weighted by Crippen LogP contribution is -2.22. The number of nitrogens with two attached hydrogens (primary N) is 1. The molecule has 1 aromatic heterocycles. The summed E-state index contributed by atoms with van der Waals surface area (Å²) in [5.74, 6) is 0.402. The van der Waals surface area contributed by atoms with Crippen LogP contribution in [0.5, 0.6) is 0 Å². The number of benzene rings is 2. The summed E-state index contributed by atoms with van der Waals surface area (Å²) in [5, 5.41) is 3.14. The smallest absolute Gasteiger partial charge is 0.193 e. The van der Waals surface area contributed by atoms with Crippen molar-refractivity contribution in [2.24, 2.45) is 10.7 Å². The number of aromatic nitrogens is 2. The zero-order chi connectivity index (χ0) is 16.9. The fraction of sp³-hybridized carbons (Fsp3) is 0.158. The number of rotatable bonds is 4. The summed E-state index contributed by atoms with van der Waals surface area (Å²) in [6.45, 7) is 4.66. The number of nitrogens with zero attached hydrogens (tertiary/aromatic N) is 3. The Hall–Kier alpha value is -3.08. The number of para-hydroxylation sites is 1. The largest absolute Gasteiger partial charge is 0.370 e. The van der Waals surface area contributed by atoms with Crippen LogP contribution in [0, 0.1) is 13.8 Å². The maximum absolute atomic E-state index is 6.03. The van der Waals surface area contributed by atoms with Crippen molar-refractivity contribution in [3.63, 3.8) is 0 Å². The van der Waals surface area contributed by atoms with Crippen LogP contribution in [0.1, 0.15) is 16.7 Å². The SMILES string of the molecule is Cc1ccc(NC(N)=NCc2ccccc2-n2ccnc2)cc1C. The highest BCUT2D eigenvalue weighted by Gasteiger charge is 2.03. The molecule has 0 bridgehead atoms. The first-order valence-electron chi connectivity index (χ1n) is 7.84. The number of aliphatic imine (C=N–C) groups is 1. The van der Waals surface area contributed by atoms with Crippen molar-refractivity contribution < 1.29 is 0 Å². The third kappa shape index (κ3) is 3.63. The molecule has 0 amide bonds. The lowest BCUT2D eigenvalue weighted by molar-refractivity contribution is 0.980. The molecule has 24 heavy (non-hydrogen) atoms. The van der Waals surface area contributed by atoms with Gasteiger partial charge in [-0.2, -0.15) is 0 Å². The number of aryl methyl sites for hydroxylation is 2. The Morgan fingerprint density at radius 1 is 1.17 bits per heavy atom. The number of hydrogen-bond acceptors (Lipinski definition) is 2. The molecular weight excluding hydrogens is 298 g/mol. The average molecular weight is 319 g/mol. The van der Waals surface area contributed by atoms with Crippen molar-refractivity contribution in [1.82, 2.24) is 9.55 Å². The molecule has 122 valence electrons. The summed E-state index contributed by atoms with van der Waals surface area (Å²) < 4.78 is 1.97. The van der Waals surface area contributed by atoms with Gasteiger partial charge in [0.1, 0.15) is 0 Å². The van der Waals surface area contributed by atoms with E-state index >= 15 is 0 Å². The Labute approximate surface area is 141 Å². The molecule has 0 aliphatic heterocycles. The van der Waals surface area contributed by atoms with E-state index in [1.807, 2.05) is 41.1 Å². The van der Waals surface area contributed by atoms with Gasteiger partial charge < -0.3 is 15.6 Å². The molecule has 0 saturated heterocycles. The first-order chi connectivity index (χ1) is 11.6. The van der Waals surface area contributed by atoms with E-state index in [1.165, 1.54) is 11.1 Å². The second-order valence-electron chi connectivity index (χ2n) is 5.72. The standard InChI is InChI=1S/C19H21N5/c1-14-7-8-17(11-15(14)2)23-19(20)22-12-16-5-3-4-6-18(16)24-10-9-21-13-24/h3-11,13H,12H2,1-2H3,(H3,20,22,23). The molecule has 3 N–H and O–H groups in total. The van der Waals surface area contributed by atoms with Crippen molar-refractivity contribution in [3.05, 3.63) is 77.9 Å². The molecule has 0 fully saturated rings. The van der Waals surface area contributed by atoms with Crippen LogP contribution in [0.3, 0.4) is 0 Å². The molecule has 0 atom stereocenters. The van der Waals surface area contributed by atoms with Gasteiger partial charge in [0.25, 0.3) is 0 Å². The van der Waals surface area contributed by atoms with Crippen LogP contribution >= 0.6 is 0 Å². The summed E-state index contributed by atoms with van der Waals surface area (Å²) in [6, 6.07) is 14.2. The first kappa shape index (κ1) is 15.8. The first-order valence-corrected chi connectivity index (χ1v) is 7.84. The van der Waals surface area contributed by atoms with Gasteiger partial charge in [0.05, 0.1) is 18.6 Å².